The summed E-state index contributed by atoms with van der Waals surface area (Å²) in [6, 6.07) is 6.23. The Balaban J connectivity index is 0.00000161. The summed E-state index contributed by atoms with van der Waals surface area (Å²) in [6.07, 6.45) is 2.61. The van der Waals surface area contributed by atoms with Gasteiger partial charge < -0.3 is 14.6 Å². The monoisotopic (exact) mass is 313 g/mol. The molecule has 1 heterocycles. The molecule has 1 aliphatic carbocycles. The van der Waals surface area contributed by atoms with Gasteiger partial charge in [0, 0.05) is 0 Å². The number of halogens is 2. The van der Waals surface area contributed by atoms with Gasteiger partial charge in [-0.2, -0.15) is 4.98 Å². The zero-order valence-corrected chi connectivity index (χ0v) is 12.2. The summed E-state index contributed by atoms with van der Waals surface area (Å²) < 4.78 is 23.7. The SMILES string of the molecule is Cl.Fc1ccccc1OCc1noc(CNCC2CC2)n1. The minimum Gasteiger partial charge on any atom is -0.482 e. The van der Waals surface area contributed by atoms with Gasteiger partial charge in [0.25, 0.3) is 0 Å². The molecule has 2 aromatic rings. The molecule has 1 N–H and O–H groups in total. The average molecular weight is 314 g/mol. The Morgan fingerprint density at radius 2 is 2.14 bits per heavy atom. The van der Waals surface area contributed by atoms with Crippen LogP contribution in [0.4, 0.5) is 4.39 Å². The van der Waals surface area contributed by atoms with Crippen molar-refractivity contribution in [3.05, 3.63) is 41.8 Å². The lowest BCUT2D eigenvalue weighted by atomic mass is 10.3. The summed E-state index contributed by atoms with van der Waals surface area (Å²) in [5.74, 6) is 1.53. The standard InChI is InChI=1S/C14H16FN3O2.ClH/c15-11-3-1-2-4-12(11)19-9-13-17-14(20-18-13)8-16-7-10-5-6-10;/h1-4,10,16H,5-9H2;1H. The van der Waals surface area contributed by atoms with Crippen LogP contribution in [0, 0.1) is 11.7 Å². The molecule has 21 heavy (non-hydrogen) atoms. The van der Waals surface area contributed by atoms with Crippen molar-refractivity contribution in [3.63, 3.8) is 0 Å². The highest BCUT2D eigenvalue weighted by Crippen LogP contribution is 2.27. The summed E-state index contributed by atoms with van der Waals surface area (Å²) in [6.45, 7) is 1.64. The molecule has 0 amide bonds. The van der Waals surface area contributed by atoms with Crippen molar-refractivity contribution in [2.45, 2.75) is 26.0 Å². The van der Waals surface area contributed by atoms with Crippen LogP contribution < -0.4 is 10.1 Å². The molecule has 0 bridgehead atoms. The van der Waals surface area contributed by atoms with Gasteiger partial charge in [0.15, 0.2) is 18.2 Å². The molecule has 1 aromatic heterocycles. The number of hydrogen-bond acceptors (Lipinski definition) is 5. The second-order valence-electron chi connectivity index (χ2n) is 4.90. The second kappa shape index (κ2) is 7.38. The maximum Gasteiger partial charge on any atom is 0.240 e. The maximum absolute atomic E-state index is 13.3. The Labute approximate surface area is 128 Å². The van der Waals surface area contributed by atoms with E-state index in [0.717, 1.165) is 12.5 Å². The predicted octanol–water partition coefficient (Wildman–Crippen LogP) is 2.71. The third kappa shape index (κ3) is 4.68. The number of hydrogen-bond donors (Lipinski definition) is 1. The fourth-order valence-electron chi connectivity index (χ4n) is 1.83. The molecule has 1 aromatic carbocycles. The lowest BCUT2D eigenvalue weighted by molar-refractivity contribution is 0.272. The van der Waals surface area contributed by atoms with E-state index in [-0.39, 0.29) is 24.8 Å². The van der Waals surface area contributed by atoms with Crippen LogP contribution in [0.5, 0.6) is 5.75 Å². The number of nitrogens with zero attached hydrogens (tertiary/aromatic N) is 2. The molecular formula is C14H17ClFN3O2. The Hall–Kier alpha value is -1.66. The highest BCUT2D eigenvalue weighted by molar-refractivity contribution is 5.85. The van der Waals surface area contributed by atoms with Crippen molar-refractivity contribution in [2.24, 2.45) is 5.92 Å². The molecule has 0 radical (unpaired) electrons. The van der Waals surface area contributed by atoms with Gasteiger partial charge in [0.05, 0.1) is 6.54 Å². The van der Waals surface area contributed by atoms with E-state index in [0.29, 0.717) is 18.3 Å². The molecule has 3 rings (SSSR count). The number of para-hydroxylation sites is 1. The van der Waals surface area contributed by atoms with Crippen LogP contribution in [0.15, 0.2) is 28.8 Å². The van der Waals surface area contributed by atoms with Crippen molar-refractivity contribution >= 4 is 12.4 Å². The van der Waals surface area contributed by atoms with E-state index in [2.05, 4.69) is 15.5 Å². The van der Waals surface area contributed by atoms with Gasteiger partial charge in [0.2, 0.25) is 11.7 Å². The van der Waals surface area contributed by atoms with Crippen molar-refractivity contribution in [3.8, 4) is 5.75 Å². The van der Waals surface area contributed by atoms with E-state index in [1.807, 2.05) is 0 Å². The van der Waals surface area contributed by atoms with Crippen molar-refractivity contribution in [2.75, 3.05) is 6.54 Å². The quantitative estimate of drug-likeness (QED) is 0.851. The Morgan fingerprint density at radius 1 is 1.33 bits per heavy atom. The zero-order chi connectivity index (χ0) is 13.8. The third-order valence-electron chi connectivity index (χ3n) is 3.11. The van der Waals surface area contributed by atoms with Gasteiger partial charge in [0.1, 0.15) is 0 Å². The fraction of sp³-hybridized carbons (Fsp3) is 0.429. The van der Waals surface area contributed by atoms with Crippen LogP contribution in [0.1, 0.15) is 24.6 Å². The van der Waals surface area contributed by atoms with E-state index in [9.17, 15) is 4.39 Å². The second-order valence-corrected chi connectivity index (χ2v) is 4.90. The molecular weight excluding hydrogens is 297 g/mol. The normalized spacial score (nSPS) is 13.8. The van der Waals surface area contributed by atoms with Crippen LogP contribution in [0.3, 0.4) is 0 Å². The first-order chi connectivity index (χ1) is 9.81. The largest absolute Gasteiger partial charge is 0.482 e. The van der Waals surface area contributed by atoms with Gasteiger partial charge in [-0.15, -0.1) is 12.4 Å². The van der Waals surface area contributed by atoms with Gasteiger partial charge in [-0.25, -0.2) is 4.39 Å². The number of nitrogens with one attached hydrogen (secondary N) is 1. The average Bonchev–Trinajstić information content (AvgIpc) is 3.16. The van der Waals surface area contributed by atoms with Crippen LogP contribution in [0.25, 0.3) is 0 Å². The third-order valence-corrected chi connectivity index (χ3v) is 3.11. The minimum absolute atomic E-state index is 0. The first kappa shape index (κ1) is 15.7. The van der Waals surface area contributed by atoms with Crippen molar-refractivity contribution in [1.82, 2.24) is 15.5 Å². The van der Waals surface area contributed by atoms with Crippen molar-refractivity contribution < 1.29 is 13.7 Å². The number of ether oxygens (including phenoxy) is 1. The van der Waals surface area contributed by atoms with E-state index in [4.69, 9.17) is 9.26 Å². The van der Waals surface area contributed by atoms with Crippen LogP contribution in [0.2, 0.25) is 0 Å². The van der Waals surface area contributed by atoms with E-state index in [1.54, 1.807) is 18.2 Å². The van der Waals surface area contributed by atoms with Crippen LogP contribution in [-0.4, -0.2) is 16.7 Å². The highest BCUT2D eigenvalue weighted by atomic mass is 35.5. The van der Waals surface area contributed by atoms with Gasteiger partial charge in [-0.05, 0) is 37.4 Å². The molecule has 7 heteroatoms. The summed E-state index contributed by atoms with van der Waals surface area (Å²) in [4.78, 5) is 4.18. The summed E-state index contributed by atoms with van der Waals surface area (Å²) in [7, 11) is 0. The molecule has 1 saturated carbocycles. The van der Waals surface area contributed by atoms with E-state index in [1.165, 1.54) is 18.9 Å². The lowest BCUT2D eigenvalue weighted by Gasteiger charge is -2.03. The molecule has 5 nitrogen and oxygen atoms in total. The first-order valence-corrected chi connectivity index (χ1v) is 6.71. The molecule has 0 saturated heterocycles. The molecule has 0 spiro atoms. The van der Waals surface area contributed by atoms with Crippen LogP contribution >= 0.6 is 12.4 Å². The smallest absolute Gasteiger partial charge is 0.240 e. The Kier molecular flexibility index (Phi) is 5.52. The first-order valence-electron chi connectivity index (χ1n) is 6.71. The van der Waals surface area contributed by atoms with Gasteiger partial charge in [-0.1, -0.05) is 17.3 Å². The minimum atomic E-state index is -0.401. The summed E-state index contributed by atoms with van der Waals surface area (Å²) in [5, 5.41) is 7.06. The zero-order valence-electron chi connectivity index (χ0n) is 11.4. The molecule has 0 atom stereocenters. The van der Waals surface area contributed by atoms with Gasteiger partial charge >= 0.3 is 0 Å². The Bertz CT molecular complexity index is 575. The number of aromatic nitrogens is 2. The molecule has 0 unspecified atom stereocenters. The highest BCUT2D eigenvalue weighted by Gasteiger charge is 2.20. The summed E-state index contributed by atoms with van der Waals surface area (Å²) in [5.41, 5.74) is 0. The van der Waals surface area contributed by atoms with Gasteiger partial charge in [-0.3, -0.25) is 0 Å². The fourth-order valence-corrected chi connectivity index (χ4v) is 1.83. The van der Waals surface area contributed by atoms with E-state index < -0.39 is 5.82 Å². The summed E-state index contributed by atoms with van der Waals surface area (Å²) >= 11 is 0. The van der Waals surface area contributed by atoms with Crippen LogP contribution in [-0.2, 0) is 13.2 Å². The predicted molar refractivity (Wildman–Crippen MR) is 76.7 cm³/mol. The van der Waals surface area contributed by atoms with E-state index >= 15 is 0 Å². The molecule has 0 aliphatic heterocycles. The molecule has 1 aliphatic rings. The topological polar surface area (TPSA) is 60.2 Å². The lowest BCUT2D eigenvalue weighted by Crippen LogP contribution is -2.16. The number of rotatable bonds is 7. The Morgan fingerprint density at radius 3 is 2.90 bits per heavy atom. The van der Waals surface area contributed by atoms with Crippen molar-refractivity contribution in [1.29, 1.82) is 0 Å². The molecule has 1 fully saturated rings. The number of benzene rings is 1. The maximum atomic E-state index is 13.3. The molecule has 114 valence electrons.